The first-order valence-electron chi connectivity index (χ1n) is 10.8. The van der Waals surface area contributed by atoms with Crippen LogP contribution in [0.2, 0.25) is 0 Å². The van der Waals surface area contributed by atoms with Crippen molar-refractivity contribution < 1.29 is 27.4 Å². The van der Waals surface area contributed by atoms with Crippen LogP contribution in [0.1, 0.15) is 55.1 Å². The number of carbonyl (C=O) groups is 1. The first kappa shape index (κ1) is 23.1. The van der Waals surface area contributed by atoms with Crippen molar-refractivity contribution in [2.45, 2.75) is 57.1 Å². The van der Waals surface area contributed by atoms with Gasteiger partial charge in [0.1, 0.15) is 5.82 Å². The second kappa shape index (κ2) is 8.04. The zero-order valence-corrected chi connectivity index (χ0v) is 18.7. The summed E-state index contributed by atoms with van der Waals surface area (Å²) in [6.45, 7) is 4.06. The molecule has 0 saturated heterocycles. The van der Waals surface area contributed by atoms with E-state index in [-0.39, 0.29) is 17.8 Å². The highest BCUT2D eigenvalue weighted by Gasteiger charge is 2.66. The summed E-state index contributed by atoms with van der Waals surface area (Å²) in [5.41, 5.74) is 1.65. The van der Waals surface area contributed by atoms with E-state index in [9.17, 15) is 9.18 Å². The van der Waals surface area contributed by atoms with Gasteiger partial charge < -0.3 is 15.2 Å². The molecule has 1 aromatic heterocycles. The topological polar surface area (TPSA) is 86.8 Å². The Morgan fingerprint density at radius 2 is 1.94 bits per heavy atom. The van der Waals surface area contributed by atoms with Crippen molar-refractivity contribution in [2.24, 2.45) is 16.6 Å². The number of nitrogens with zero attached hydrogens (tertiary/aromatic N) is 2. The minimum absolute atomic E-state index is 0.127. The van der Waals surface area contributed by atoms with Crippen LogP contribution in [0.4, 0.5) is 13.2 Å². The first-order chi connectivity index (χ1) is 15.4. The van der Waals surface area contributed by atoms with Crippen molar-refractivity contribution in [2.75, 3.05) is 6.61 Å². The van der Waals surface area contributed by atoms with Crippen LogP contribution in [0.25, 0.3) is 0 Å². The third-order valence-electron chi connectivity index (χ3n) is 6.20. The van der Waals surface area contributed by atoms with Gasteiger partial charge in [-0.2, -0.15) is 8.78 Å². The van der Waals surface area contributed by atoms with Crippen LogP contribution in [0.15, 0.2) is 41.5 Å². The van der Waals surface area contributed by atoms with Gasteiger partial charge in [-0.3, -0.25) is 4.79 Å². The van der Waals surface area contributed by atoms with Crippen molar-refractivity contribution in [1.29, 1.82) is 0 Å². The van der Waals surface area contributed by atoms with Gasteiger partial charge in [0.25, 0.3) is 6.02 Å². The molecule has 0 bridgehead atoms. The molecule has 4 rings (SSSR count). The van der Waals surface area contributed by atoms with Crippen molar-refractivity contribution >= 4 is 11.8 Å². The van der Waals surface area contributed by atoms with Crippen LogP contribution < -0.4 is 10.5 Å². The number of ketones is 1. The number of pyridine rings is 1. The van der Waals surface area contributed by atoms with E-state index in [2.05, 4.69) is 9.98 Å². The summed E-state index contributed by atoms with van der Waals surface area (Å²) in [6, 6.07) is 6.44. The lowest BCUT2D eigenvalue weighted by molar-refractivity contribution is -0.207. The fraction of sp³-hybridized carbons (Fsp3) is 0.458. The Morgan fingerprint density at radius 3 is 2.58 bits per heavy atom. The molecule has 1 aromatic carbocycles. The number of ether oxygens (including phenoxy) is 2. The largest absolute Gasteiger partial charge is 0.477 e. The standard InChI is InChI=1S/C24H26F3N3O3/c1-22(2)24(26,27)23(3,30-21(28)33-22)17-10-15(6-8-18(17)25)11-19(31)16-7-9-20(29-12-16)32-13-14-4-5-14/h6-10,12,14H,4-5,11,13H2,1-3H3,(H2,28,30)/t23-/m1/s1. The minimum Gasteiger partial charge on any atom is -0.477 e. The molecule has 1 fully saturated rings. The van der Waals surface area contributed by atoms with Gasteiger partial charge in [0.15, 0.2) is 16.9 Å². The van der Waals surface area contributed by atoms with Crippen LogP contribution in [0, 0.1) is 11.7 Å². The number of hydrogen-bond acceptors (Lipinski definition) is 6. The number of benzene rings is 1. The van der Waals surface area contributed by atoms with Crippen LogP contribution in [-0.4, -0.2) is 34.9 Å². The lowest BCUT2D eigenvalue weighted by atomic mass is 9.76. The lowest BCUT2D eigenvalue weighted by Crippen LogP contribution is -2.62. The smallest absolute Gasteiger partial charge is 0.315 e. The molecule has 1 atom stereocenters. The molecular weight excluding hydrogens is 435 g/mol. The van der Waals surface area contributed by atoms with E-state index in [1.54, 1.807) is 12.1 Å². The average molecular weight is 461 g/mol. The maximum atomic E-state index is 15.3. The Kier molecular flexibility index (Phi) is 5.62. The summed E-state index contributed by atoms with van der Waals surface area (Å²) in [4.78, 5) is 20.7. The molecule has 2 N–H and O–H groups in total. The highest BCUT2D eigenvalue weighted by Crippen LogP contribution is 2.51. The normalized spacial score (nSPS) is 23.4. The van der Waals surface area contributed by atoms with Crippen molar-refractivity contribution in [3.8, 4) is 5.88 Å². The fourth-order valence-electron chi connectivity index (χ4n) is 3.92. The van der Waals surface area contributed by atoms with Crippen molar-refractivity contribution in [1.82, 2.24) is 4.98 Å². The van der Waals surface area contributed by atoms with E-state index < -0.39 is 28.9 Å². The fourth-order valence-corrected chi connectivity index (χ4v) is 3.92. The quantitative estimate of drug-likeness (QED) is 0.618. The summed E-state index contributed by atoms with van der Waals surface area (Å²) in [5, 5.41) is 0. The molecular formula is C24H26F3N3O3. The van der Waals surface area contributed by atoms with Gasteiger partial charge in [-0.05, 0) is 63.3 Å². The van der Waals surface area contributed by atoms with E-state index in [0.29, 0.717) is 29.5 Å². The molecule has 9 heteroatoms. The second-order valence-electron chi connectivity index (χ2n) is 9.26. The number of carbonyl (C=O) groups excluding carboxylic acids is 1. The molecule has 6 nitrogen and oxygen atoms in total. The van der Waals surface area contributed by atoms with Crippen LogP contribution in [0.3, 0.4) is 0 Å². The highest BCUT2D eigenvalue weighted by atomic mass is 19.3. The van der Waals surface area contributed by atoms with Gasteiger partial charge in [-0.25, -0.2) is 14.4 Å². The van der Waals surface area contributed by atoms with Crippen LogP contribution >= 0.6 is 0 Å². The van der Waals surface area contributed by atoms with E-state index >= 15 is 8.78 Å². The summed E-state index contributed by atoms with van der Waals surface area (Å²) >= 11 is 0. The van der Waals surface area contributed by atoms with Gasteiger partial charge in [-0.1, -0.05) is 6.07 Å². The van der Waals surface area contributed by atoms with Gasteiger partial charge in [0.2, 0.25) is 5.88 Å². The maximum Gasteiger partial charge on any atom is 0.315 e. The number of nitrogens with two attached hydrogens (primary N) is 1. The summed E-state index contributed by atoms with van der Waals surface area (Å²) in [6.07, 6.45) is 3.60. The van der Waals surface area contributed by atoms with E-state index in [1.165, 1.54) is 32.2 Å². The monoisotopic (exact) mass is 461 g/mol. The maximum absolute atomic E-state index is 15.3. The molecule has 2 aromatic rings. The van der Waals surface area contributed by atoms with Crippen LogP contribution in [0.5, 0.6) is 5.88 Å². The number of aromatic nitrogens is 1. The molecule has 33 heavy (non-hydrogen) atoms. The number of Topliss-reactive ketones (excluding diaryl/α,β-unsaturated/α-hetero) is 1. The molecule has 0 unspecified atom stereocenters. The number of halogens is 3. The lowest BCUT2D eigenvalue weighted by Gasteiger charge is -2.46. The van der Waals surface area contributed by atoms with Gasteiger partial charge in [0, 0.05) is 29.8 Å². The van der Waals surface area contributed by atoms with E-state index in [1.807, 2.05) is 0 Å². The van der Waals surface area contributed by atoms with Crippen molar-refractivity contribution in [3.05, 3.63) is 59.0 Å². The number of hydrogen-bond donors (Lipinski definition) is 1. The molecule has 2 heterocycles. The van der Waals surface area contributed by atoms with Gasteiger partial charge >= 0.3 is 5.92 Å². The Bertz CT molecular complexity index is 1100. The van der Waals surface area contributed by atoms with Crippen LogP contribution in [-0.2, 0) is 16.7 Å². The number of alkyl halides is 2. The van der Waals surface area contributed by atoms with Gasteiger partial charge in [0.05, 0.1) is 6.61 Å². The Labute approximate surface area is 190 Å². The predicted octanol–water partition coefficient (Wildman–Crippen LogP) is 4.41. The van der Waals surface area contributed by atoms with E-state index in [0.717, 1.165) is 25.8 Å². The van der Waals surface area contributed by atoms with E-state index in [4.69, 9.17) is 15.2 Å². The molecule has 1 saturated carbocycles. The summed E-state index contributed by atoms with van der Waals surface area (Å²) in [5.74, 6) is -3.74. The SMILES string of the molecule is CC1(C)OC(N)=N[C@](C)(c2cc(CC(=O)c3ccc(OCC4CC4)nc3)ccc2F)C1(F)F. The molecule has 176 valence electrons. The molecule has 0 radical (unpaired) electrons. The molecule has 1 aliphatic carbocycles. The molecule has 1 aliphatic heterocycles. The number of rotatable bonds is 7. The number of aliphatic imine (C=N–C) groups is 1. The summed E-state index contributed by atoms with van der Waals surface area (Å²) in [7, 11) is 0. The molecule has 2 aliphatic rings. The Hall–Kier alpha value is -3.10. The average Bonchev–Trinajstić information content (AvgIpc) is 3.57. The molecule has 0 spiro atoms. The molecule has 0 amide bonds. The Balaban J connectivity index is 1.57. The first-order valence-corrected chi connectivity index (χ1v) is 10.8. The third kappa shape index (κ3) is 4.28. The van der Waals surface area contributed by atoms with Crippen molar-refractivity contribution in [3.63, 3.8) is 0 Å². The second-order valence-corrected chi connectivity index (χ2v) is 9.26. The zero-order chi connectivity index (χ0) is 24.0. The van der Waals surface area contributed by atoms with Gasteiger partial charge in [-0.15, -0.1) is 0 Å². The number of amidine groups is 1. The minimum atomic E-state index is -3.59. The summed E-state index contributed by atoms with van der Waals surface area (Å²) < 4.78 is 56.0. The third-order valence-corrected chi connectivity index (χ3v) is 6.20. The predicted molar refractivity (Wildman–Crippen MR) is 116 cm³/mol. The highest BCUT2D eigenvalue weighted by molar-refractivity contribution is 5.97. The Morgan fingerprint density at radius 1 is 1.21 bits per heavy atom. The zero-order valence-electron chi connectivity index (χ0n) is 18.7.